The van der Waals surface area contributed by atoms with Crippen LogP contribution in [-0.4, -0.2) is 9.52 Å². The van der Waals surface area contributed by atoms with Crippen LogP contribution in [0.2, 0.25) is 5.54 Å². The molecule has 0 radical (unpaired) electrons. The molecule has 0 nitrogen and oxygen atoms in total. The molecular weight excluding hydrogens is 112 g/mol. The van der Waals surface area contributed by atoms with Gasteiger partial charge < -0.3 is 0 Å². The van der Waals surface area contributed by atoms with E-state index in [1.54, 1.807) is 0 Å². The lowest BCUT2D eigenvalue weighted by Gasteiger charge is -2.04. The maximum atomic E-state index is 5.19. The second-order valence-electron chi connectivity index (χ2n) is 2.09. The van der Waals surface area contributed by atoms with Gasteiger partial charge in [-0.2, -0.15) is 0 Å². The Balaban J connectivity index is 3.25. The van der Waals surface area contributed by atoms with Gasteiger partial charge in [0.25, 0.3) is 0 Å². The first-order valence-electron chi connectivity index (χ1n) is 3.28. The van der Waals surface area contributed by atoms with Crippen molar-refractivity contribution in [1.82, 2.24) is 0 Å². The summed E-state index contributed by atoms with van der Waals surface area (Å²) in [6.45, 7) is 4.44. The van der Waals surface area contributed by atoms with Gasteiger partial charge in [0.2, 0.25) is 0 Å². The average Bonchev–Trinajstić information content (AvgIpc) is 1.83. The third-order valence-corrected chi connectivity index (χ3v) is 3.53. The van der Waals surface area contributed by atoms with Crippen LogP contribution in [0.4, 0.5) is 0 Å². The van der Waals surface area contributed by atoms with Gasteiger partial charge in [-0.1, -0.05) is 26.7 Å². The molecule has 0 bridgehead atoms. The standard InChI is InChI=1S/C7H14Si/c1-4-7(5-2)8-6-3/h3,7H,4-5,8H2,1-2H3. The van der Waals surface area contributed by atoms with Gasteiger partial charge in [0.1, 0.15) is 9.52 Å². The summed E-state index contributed by atoms with van der Waals surface area (Å²) in [5.74, 6) is 0. The highest BCUT2D eigenvalue weighted by Gasteiger charge is 1.99. The van der Waals surface area contributed by atoms with Crippen LogP contribution in [0.3, 0.4) is 0 Å². The van der Waals surface area contributed by atoms with Crippen molar-refractivity contribution in [2.24, 2.45) is 0 Å². The predicted molar refractivity (Wildman–Crippen MR) is 41.7 cm³/mol. The van der Waals surface area contributed by atoms with E-state index < -0.39 is 0 Å². The molecule has 0 rings (SSSR count). The molecule has 0 amide bonds. The fourth-order valence-corrected chi connectivity index (χ4v) is 1.65. The molecule has 8 heavy (non-hydrogen) atoms. The van der Waals surface area contributed by atoms with Gasteiger partial charge in [0.05, 0.1) is 0 Å². The zero-order chi connectivity index (χ0) is 6.41. The molecule has 0 aliphatic rings. The zero-order valence-corrected chi connectivity index (χ0v) is 7.19. The van der Waals surface area contributed by atoms with Crippen molar-refractivity contribution >= 4 is 9.52 Å². The molecule has 0 unspecified atom stereocenters. The van der Waals surface area contributed by atoms with Crippen molar-refractivity contribution in [2.45, 2.75) is 32.2 Å². The van der Waals surface area contributed by atoms with Crippen molar-refractivity contribution < 1.29 is 0 Å². The second kappa shape index (κ2) is 4.92. The third kappa shape index (κ3) is 2.87. The van der Waals surface area contributed by atoms with E-state index in [4.69, 9.17) is 6.42 Å². The monoisotopic (exact) mass is 126 g/mol. The smallest absolute Gasteiger partial charge is 0.109 e. The maximum Gasteiger partial charge on any atom is 0.109 e. The summed E-state index contributed by atoms with van der Waals surface area (Å²) in [6, 6.07) is 0. The summed E-state index contributed by atoms with van der Waals surface area (Å²) in [4.78, 5) is 0. The average molecular weight is 126 g/mol. The highest BCUT2D eigenvalue weighted by atomic mass is 28.2. The predicted octanol–water partition coefficient (Wildman–Crippen LogP) is 1.35. The number of terminal acetylenes is 1. The Labute approximate surface area is 54.5 Å². The van der Waals surface area contributed by atoms with E-state index in [-0.39, 0.29) is 9.52 Å². The van der Waals surface area contributed by atoms with E-state index in [0.717, 1.165) is 5.54 Å². The van der Waals surface area contributed by atoms with Gasteiger partial charge >= 0.3 is 0 Å². The molecule has 0 fully saturated rings. The van der Waals surface area contributed by atoms with E-state index >= 15 is 0 Å². The van der Waals surface area contributed by atoms with Crippen LogP contribution in [0.1, 0.15) is 26.7 Å². The molecule has 1 heteroatoms. The Morgan fingerprint density at radius 1 is 1.50 bits per heavy atom. The van der Waals surface area contributed by atoms with Crippen molar-refractivity contribution in [2.75, 3.05) is 0 Å². The summed E-state index contributed by atoms with van der Waals surface area (Å²) in [7, 11) is -0.137. The Bertz CT molecular complexity index is 76.9. The lowest BCUT2D eigenvalue weighted by Crippen LogP contribution is -1.97. The Morgan fingerprint density at radius 2 is 2.00 bits per heavy atom. The highest BCUT2D eigenvalue weighted by Crippen LogP contribution is 2.11. The van der Waals surface area contributed by atoms with Crippen LogP contribution in [0.5, 0.6) is 0 Å². The van der Waals surface area contributed by atoms with Crippen LogP contribution < -0.4 is 0 Å². The van der Waals surface area contributed by atoms with Gasteiger partial charge in [-0.25, -0.2) is 0 Å². The molecule has 0 N–H and O–H groups in total. The molecule has 0 aromatic rings. The fraction of sp³-hybridized carbons (Fsp3) is 0.714. The molecule has 0 saturated heterocycles. The first kappa shape index (κ1) is 7.78. The molecule has 0 aromatic carbocycles. The molecular formula is C7H14Si. The summed E-state index contributed by atoms with van der Waals surface area (Å²) in [6.07, 6.45) is 7.76. The van der Waals surface area contributed by atoms with Gasteiger partial charge in [-0.05, 0) is 5.54 Å². The lowest BCUT2D eigenvalue weighted by molar-refractivity contribution is 0.764. The van der Waals surface area contributed by atoms with Crippen molar-refractivity contribution in [3.8, 4) is 12.0 Å². The molecule has 46 valence electrons. The maximum absolute atomic E-state index is 5.19. The van der Waals surface area contributed by atoms with Gasteiger partial charge in [0.15, 0.2) is 0 Å². The van der Waals surface area contributed by atoms with Crippen LogP contribution in [0.15, 0.2) is 0 Å². The highest BCUT2D eigenvalue weighted by molar-refractivity contribution is 6.47. The van der Waals surface area contributed by atoms with Crippen LogP contribution >= 0.6 is 0 Å². The Kier molecular flexibility index (Phi) is 4.79. The van der Waals surface area contributed by atoms with Crippen molar-refractivity contribution in [3.63, 3.8) is 0 Å². The molecule has 0 spiro atoms. The number of hydrogen-bond acceptors (Lipinski definition) is 0. The quantitative estimate of drug-likeness (QED) is 0.395. The minimum Gasteiger partial charge on any atom is -0.143 e. The molecule has 0 aliphatic carbocycles. The minimum atomic E-state index is -0.137. The first-order valence-corrected chi connectivity index (χ1v) is 4.80. The van der Waals surface area contributed by atoms with Crippen LogP contribution in [0, 0.1) is 12.0 Å². The Morgan fingerprint density at radius 3 is 2.12 bits per heavy atom. The SMILES string of the molecule is C#C[SiH2]C(CC)CC. The first-order chi connectivity index (χ1) is 3.85. The van der Waals surface area contributed by atoms with Gasteiger partial charge in [-0.3, -0.25) is 0 Å². The normalized spacial score (nSPS) is 10.8. The van der Waals surface area contributed by atoms with Crippen molar-refractivity contribution in [3.05, 3.63) is 0 Å². The summed E-state index contributed by atoms with van der Waals surface area (Å²) < 4.78 is 0. The molecule has 0 aromatic heterocycles. The Hall–Kier alpha value is -0.223. The molecule has 0 atom stereocenters. The number of hydrogen-bond donors (Lipinski definition) is 0. The van der Waals surface area contributed by atoms with E-state index in [1.807, 2.05) is 0 Å². The zero-order valence-electron chi connectivity index (χ0n) is 5.78. The summed E-state index contributed by atoms with van der Waals surface area (Å²) >= 11 is 0. The number of rotatable bonds is 3. The third-order valence-electron chi connectivity index (χ3n) is 1.56. The van der Waals surface area contributed by atoms with Crippen LogP contribution in [0.25, 0.3) is 0 Å². The summed E-state index contributed by atoms with van der Waals surface area (Å²) in [5, 5.41) is 0. The van der Waals surface area contributed by atoms with E-state index in [9.17, 15) is 0 Å². The van der Waals surface area contributed by atoms with E-state index in [2.05, 4.69) is 19.4 Å². The molecule has 0 heterocycles. The fourth-order valence-electron chi connectivity index (χ4n) is 0.744. The minimum absolute atomic E-state index is 0.137. The van der Waals surface area contributed by atoms with Gasteiger partial charge in [0, 0.05) is 0 Å². The summed E-state index contributed by atoms with van der Waals surface area (Å²) in [5.41, 5.74) is 3.71. The topological polar surface area (TPSA) is 0 Å². The molecule has 0 aliphatic heterocycles. The van der Waals surface area contributed by atoms with Crippen molar-refractivity contribution in [1.29, 1.82) is 0 Å². The lowest BCUT2D eigenvalue weighted by atomic mass is 10.3. The van der Waals surface area contributed by atoms with E-state index in [0.29, 0.717) is 0 Å². The van der Waals surface area contributed by atoms with Gasteiger partial charge in [-0.15, -0.1) is 12.0 Å². The second-order valence-corrected chi connectivity index (χ2v) is 4.06. The van der Waals surface area contributed by atoms with Crippen LogP contribution in [-0.2, 0) is 0 Å². The van der Waals surface area contributed by atoms with E-state index in [1.165, 1.54) is 12.8 Å². The largest absolute Gasteiger partial charge is 0.143 e. The molecule has 0 saturated carbocycles.